The number of aryl methyl sites for hydroxylation is 1. The summed E-state index contributed by atoms with van der Waals surface area (Å²) in [5, 5.41) is 0. The van der Waals surface area contributed by atoms with Crippen LogP contribution in [0.5, 0.6) is 5.75 Å². The first kappa shape index (κ1) is 19.4. The van der Waals surface area contributed by atoms with E-state index >= 15 is 0 Å². The van der Waals surface area contributed by atoms with Crippen molar-refractivity contribution in [2.24, 2.45) is 0 Å². The molecule has 0 atom stereocenters. The highest BCUT2D eigenvalue weighted by Gasteiger charge is 2.15. The Bertz CT molecular complexity index is 754. The van der Waals surface area contributed by atoms with Crippen LogP contribution >= 0.6 is 0 Å². The van der Waals surface area contributed by atoms with E-state index in [9.17, 15) is 8.42 Å². The molecule has 2 aromatic carbocycles. The van der Waals surface area contributed by atoms with Crippen LogP contribution in [0.2, 0.25) is 0 Å². The smallest absolute Gasteiger partial charge is 0.296 e. The lowest BCUT2D eigenvalue weighted by Crippen LogP contribution is -2.10. The van der Waals surface area contributed by atoms with Gasteiger partial charge in [0, 0.05) is 13.5 Å². The molecule has 0 aliphatic heterocycles. The normalized spacial score (nSPS) is 11.4. The van der Waals surface area contributed by atoms with Gasteiger partial charge in [-0.15, -0.1) is 0 Å². The number of ether oxygens (including phenoxy) is 2. The summed E-state index contributed by atoms with van der Waals surface area (Å²) in [4.78, 5) is 0.177. The molecule has 0 N–H and O–H groups in total. The van der Waals surface area contributed by atoms with E-state index < -0.39 is 10.1 Å². The minimum Gasteiger partial charge on any atom is -0.467 e. The number of para-hydroxylation sites is 1. The van der Waals surface area contributed by atoms with Crippen molar-refractivity contribution in [1.82, 2.24) is 0 Å². The second-order valence-electron chi connectivity index (χ2n) is 5.58. The molecule has 0 aromatic heterocycles. The van der Waals surface area contributed by atoms with Crippen LogP contribution in [0.3, 0.4) is 0 Å². The summed E-state index contributed by atoms with van der Waals surface area (Å²) < 4.78 is 40.1. The van der Waals surface area contributed by atoms with E-state index in [1.165, 1.54) is 0 Å². The molecule has 0 spiro atoms. The van der Waals surface area contributed by atoms with Gasteiger partial charge in [-0.1, -0.05) is 43.7 Å². The van der Waals surface area contributed by atoms with Gasteiger partial charge in [-0.2, -0.15) is 8.42 Å². The van der Waals surface area contributed by atoms with Crippen molar-refractivity contribution in [1.29, 1.82) is 0 Å². The van der Waals surface area contributed by atoms with Crippen LogP contribution in [0.1, 0.15) is 24.5 Å². The fraction of sp³-hybridized carbons (Fsp3) is 0.368. The van der Waals surface area contributed by atoms with Crippen molar-refractivity contribution in [3.8, 4) is 5.75 Å². The number of hydrogen-bond donors (Lipinski definition) is 0. The maximum absolute atomic E-state index is 12.3. The molecule has 5 nitrogen and oxygen atoms in total. The van der Waals surface area contributed by atoms with Crippen LogP contribution in [0, 0.1) is 0 Å². The van der Waals surface area contributed by atoms with Crippen LogP contribution in [-0.4, -0.2) is 28.9 Å². The Morgan fingerprint density at radius 1 is 0.960 bits per heavy atom. The number of rotatable bonds is 10. The molecular weight excluding hydrogens is 340 g/mol. The zero-order valence-corrected chi connectivity index (χ0v) is 15.4. The minimum absolute atomic E-state index is 0.0480. The summed E-state index contributed by atoms with van der Waals surface area (Å²) in [5.74, 6) is 0.661. The second-order valence-corrected chi connectivity index (χ2v) is 7.19. The Morgan fingerprint density at radius 3 is 2.36 bits per heavy atom. The van der Waals surface area contributed by atoms with E-state index in [1.807, 2.05) is 36.4 Å². The Morgan fingerprint density at radius 2 is 1.68 bits per heavy atom. The second kappa shape index (κ2) is 9.56. The summed E-state index contributed by atoms with van der Waals surface area (Å²) in [7, 11) is -2.21. The lowest BCUT2D eigenvalue weighted by atomic mass is 10.1. The van der Waals surface area contributed by atoms with Gasteiger partial charge in [0.15, 0.2) is 6.79 Å². The molecule has 0 saturated heterocycles. The first-order chi connectivity index (χ1) is 12.1. The maximum Gasteiger partial charge on any atom is 0.296 e. The molecule has 0 heterocycles. The molecule has 0 bridgehead atoms. The van der Waals surface area contributed by atoms with Gasteiger partial charge in [-0.05, 0) is 35.7 Å². The molecule has 0 radical (unpaired) electrons. The van der Waals surface area contributed by atoms with Crippen LogP contribution in [-0.2, 0) is 31.9 Å². The Balaban J connectivity index is 1.96. The van der Waals surface area contributed by atoms with Crippen molar-refractivity contribution in [3.63, 3.8) is 0 Å². The van der Waals surface area contributed by atoms with Crippen molar-refractivity contribution >= 4 is 10.1 Å². The third kappa shape index (κ3) is 5.85. The topological polar surface area (TPSA) is 61.8 Å². The van der Waals surface area contributed by atoms with Crippen molar-refractivity contribution in [3.05, 3.63) is 59.7 Å². The van der Waals surface area contributed by atoms with Crippen molar-refractivity contribution < 1.29 is 22.1 Å². The SMILES string of the molecule is CCCc1ccc(S(=O)(=O)OCCc2ccccc2OCOC)cc1. The Labute approximate surface area is 149 Å². The molecule has 2 rings (SSSR count). The van der Waals surface area contributed by atoms with E-state index in [4.69, 9.17) is 13.7 Å². The van der Waals surface area contributed by atoms with Gasteiger partial charge in [0.2, 0.25) is 0 Å². The first-order valence-electron chi connectivity index (χ1n) is 8.25. The van der Waals surface area contributed by atoms with E-state index in [2.05, 4.69) is 6.92 Å². The standard InChI is InChI=1S/C19H24O5S/c1-3-6-16-9-11-18(12-10-16)25(20,21)24-14-13-17-7-4-5-8-19(17)23-15-22-2/h4-5,7-12H,3,6,13-15H2,1-2H3. The van der Waals surface area contributed by atoms with E-state index in [0.29, 0.717) is 12.2 Å². The third-order valence-corrected chi connectivity index (χ3v) is 4.99. The molecule has 0 unspecified atom stereocenters. The molecule has 0 fully saturated rings. The first-order valence-corrected chi connectivity index (χ1v) is 9.65. The van der Waals surface area contributed by atoms with Gasteiger partial charge in [-0.25, -0.2) is 0 Å². The van der Waals surface area contributed by atoms with Crippen molar-refractivity contribution in [2.45, 2.75) is 31.1 Å². The van der Waals surface area contributed by atoms with Crippen LogP contribution in [0.15, 0.2) is 53.4 Å². The predicted molar refractivity (Wildman–Crippen MR) is 96.2 cm³/mol. The zero-order chi connectivity index (χ0) is 18.1. The van der Waals surface area contributed by atoms with Gasteiger partial charge in [0.05, 0.1) is 11.5 Å². The highest BCUT2D eigenvalue weighted by molar-refractivity contribution is 7.86. The molecule has 0 amide bonds. The zero-order valence-electron chi connectivity index (χ0n) is 14.6. The van der Waals surface area contributed by atoms with Crippen LogP contribution in [0.4, 0.5) is 0 Å². The molecule has 136 valence electrons. The van der Waals surface area contributed by atoms with Gasteiger partial charge in [0.25, 0.3) is 10.1 Å². The molecule has 25 heavy (non-hydrogen) atoms. The summed E-state index contributed by atoms with van der Waals surface area (Å²) in [5.41, 5.74) is 1.98. The average molecular weight is 364 g/mol. The molecule has 0 aliphatic rings. The average Bonchev–Trinajstić information content (AvgIpc) is 2.61. The molecular formula is C19H24O5S. The summed E-state index contributed by atoms with van der Waals surface area (Å²) in [6, 6.07) is 14.3. The monoisotopic (exact) mass is 364 g/mol. The number of hydrogen-bond acceptors (Lipinski definition) is 5. The van der Waals surface area contributed by atoms with E-state index in [1.54, 1.807) is 19.2 Å². The quantitative estimate of drug-likeness (QED) is 0.476. The van der Waals surface area contributed by atoms with Crippen molar-refractivity contribution in [2.75, 3.05) is 20.5 Å². The molecule has 2 aromatic rings. The summed E-state index contributed by atoms with van der Waals surface area (Å²) in [6.45, 7) is 2.27. The van der Waals surface area contributed by atoms with Crippen LogP contribution < -0.4 is 4.74 Å². The van der Waals surface area contributed by atoms with Gasteiger partial charge >= 0.3 is 0 Å². The largest absolute Gasteiger partial charge is 0.467 e. The highest BCUT2D eigenvalue weighted by atomic mass is 32.2. The Hall–Kier alpha value is -1.89. The van der Waals surface area contributed by atoms with Gasteiger partial charge < -0.3 is 9.47 Å². The van der Waals surface area contributed by atoms with Gasteiger partial charge in [-0.3, -0.25) is 4.18 Å². The molecule has 0 aliphatic carbocycles. The van der Waals surface area contributed by atoms with E-state index in [-0.39, 0.29) is 18.3 Å². The Kier molecular flexibility index (Phi) is 7.43. The van der Waals surface area contributed by atoms with E-state index in [0.717, 1.165) is 24.0 Å². The summed E-state index contributed by atoms with van der Waals surface area (Å²) >= 11 is 0. The summed E-state index contributed by atoms with van der Waals surface area (Å²) in [6.07, 6.45) is 2.37. The molecule has 6 heteroatoms. The van der Waals surface area contributed by atoms with Gasteiger partial charge in [0.1, 0.15) is 5.75 Å². The fourth-order valence-corrected chi connectivity index (χ4v) is 3.32. The third-order valence-electron chi connectivity index (χ3n) is 3.67. The minimum atomic E-state index is -3.76. The lowest BCUT2D eigenvalue weighted by Gasteiger charge is -2.11. The number of benzene rings is 2. The highest BCUT2D eigenvalue weighted by Crippen LogP contribution is 2.20. The van der Waals surface area contributed by atoms with Crippen LogP contribution in [0.25, 0.3) is 0 Å². The molecule has 0 saturated carbocycles. The lowest BCUT2D eigenvalue weighted by molar-refractivity contribution is 0.0503. The predicted octanol–water partition coefficient (Wildman–Crippen LogP) is 3.57. The fourth-order valence-electron chi connectivity index (χ4n) is 2.41. The maximum atomic E-state index is 12.3. The number of methoxy groups -OCH3 is 1.